The molecule has 0 bridgehead atoms. The Labute approximate surface area is 204 Å². The molecule has 7 nitrogen and oxygen atoms in total. The molecule has 3 aromatic rings. The average Bonchev–Trinajstić information content (AvgIpc) is 2.86. The van der Waals surface area contributed by atoms with Gasteiger partial charge in [0.1, 0.15) is 23.4 Å². The van der Waals surface area contributed by atoms with Crippen LogP contribution in [0.15, 0.2) is 83.8 Å². The molecule has 0 saturated heterocycles. The monoisotopic (exact) mass is 498 g/mol. The molecule has 1 saturated carbocycles. The van der Waals surface area contributed by atoms with Crippen molar-refractivity contribution in [1.82, 2.24) is 4.72 Å². The van der Waals surface area contributed by atoms with Crippen molar-refractivity contribution in [2.45, 2.75) is 42.8 Å². The second-order valence-electron chi connectivity index (χ2n) is 8.32. The van der Waals surface area contributed by atoms with E-state index in [1.54, 1.807) is 24.3 Å². The van der Waals surface area contributed by atoms with Crippen LogP contribution in [0.5, 0.6) is 17.2 Å². The van der Waals surface area contributed by atoms with Gasteiger partial charge in [0.25, 0.3) is 5.91 Å². The highest BCUT2D eigenvalue weighted by Crippen LogP contribution is 2.24. The fraction of sp³-hybridized carbons (Fsp3) is 0.269. The Morgan fingerprint density at radius 3 is 2.09 bits per heavy atom. The van der Waals surface area contributed by atoms with Gasteiger partial charge in [-0.15, -0.1) is 0 Å². The zero-order chi connectivity index (χ0) is 24.7. The molecule has 4 rings (SSSR count). The van der Waals surface area contributed by atoms with Gasteiger partial charge >= 0.3 is 0 Å². The van der Waals surface area contributed by atoms with Gasteiger partial charge in [-0.1, -0.05) is 18.2 Å². The maximum absolute atomic E-state index is 13.3. The SMILES string of the molecule is O=C(COc1ccc(S(=O)(=O)NC2CCC(F)CC2)cc1)Nc1ccc(Oc2ccccc2)cc1. The summed E-state index contributed by atoms with van der Waals surface area (Å²) in [5, 5.41) is 2.74. The fourth-order valence-electron chi connectivity index (χ4n) is 3.75. The van der Waals surface area contributed by atoms with Gasteiger partial charge in [-0.2, -0.15) is 0 Å². The Kier molecular flexibility index (Phi) is 7.99. The molecular formula is C26H27FN2O5S. The van der Waals surface area contributed by atoms with E-state index in [4.69, 9.17) is 9.47 Å². The second kappa shape index (κ2) is 11.3. The average molecular weight is 499 g/mol. The number of para-hydroxylation sites is 1. The van der Waals surface area contributed by atoms with Crippen LogP contribution in [0.25, 0.3) is 0 Å². The van der Waals surface area contributed by atoms with E-state index >= 15 is 0 Å². The van der Waals surface area contributed by atoms with E-state index < -0.39 is 16.2 Å². The number of carbonyl (C=O) groups excluding carboxylic acids is 1. The first-order valence-corrected chi connectivity index (χ1v) is 12.9. The number of carbonyl (C=O) groups is 1. The maximum Gasteiger partial charge on any atom is 0.262 e. The number of alkyl halides is 1. The van der Waals surface area contributed by atoms with Crippen molar-refractivity contribution in [3.05, 3.63) is 78.9 Å². The van der Waals surface area contributed by atoms with Crippen molar-refractivity contribution in [3.63, 3.8) is 0 Å². The van der Waals surface area contributed by atoms with E-state index in [1.807, 2.05) is 30.3 Å². The Balaban J connectivity index is 1.24. The third-order valence-electron chi connectivity index (χ3n) is 5.60. The lowest BCUT2D eigenvalue weighted by atomic mass is 9.95. The molecule has 0 spiro atoms. The van der Waals surface area contributed by atoms with Crippen molar-refractivity contribution in [3.8, 4) is 17.2 Å². The summed E-state index contributed by atoms with van der Waals surface area (Å²) in [6, 6.07) is 21.9. The largest absolute Gasteiger partial charge is 0.484 e. The number of rotatable bonds is 9. The van der Waals surface area contributed by atoms with Gasteiger partial charge < -0.3 is 14.8 Å². The van der Waals surface area contributed by atoms with Crippen LogP contribution in [0.1, 0.15) is 25.7 Å². The number of amides is 1. The number of anilines is 1. The van der Waals surface area contributed by atoms with Crippen LogP contribution in [0, 0.1) is 0 Å². The minimum absolute atomic E-state index is 0.0921. The number of benzene rings is 3. The summed E-state index contributed by atoms with van der Waals surface area (Å²) >= 11 is 0. The van der Waals surface area contributed by atoms with E-state index in [-0.39, 0.29) is 23.5 Å². The number of sulfonamides is 1. The molecule has 184 valence electrons. The number of nitrogens with one attached hydrogen (secondary N) is 2. The third kappa shape index (κ3) is 7.27. The maximum atomic E-state index is 13.3. The summed E-state index contributed by atoms with van der Waals surface area (Å²) in [5.41, 5.74) is 0.591. The van der Waals surface area contributed by atoms with Crippen LogP contribution < -0.4 is 19.5 Å². The standard InChI is InChI=1S/C26H27FN2O5S/c27-19-6-8-21(9-7-19)29-35(31,32)25-16-14-22(15-17-25)33-18-26(30)28-20-10-12-24(13-11-20)34-23-4-2-1-3-5-23/h1-5,10-17,19,21,29H,6-9,18H2,(H,28,30). The van der Waals surface area contributed by atoms with Gasteiger partial charge in [-0.3, -0.25) is 4.79 Å². The zero-order valence-electron chi connectivity index (χ0n) is 19.0. The first kappa shape index (κ1) is 24.7. The molecule has 2 N–H and O–H groups in total. The molecule has 1 amide bonds. The number of halogens is 1. The highest BCUT2D eigenvalue weighted by atomic mass is 32.2. The second-order valence-corrected chi connectivity index (χ2v) is 10.0. The van der Waals surface area contributed by atoms with Gasteiger partial charge in [-0.25, -0.2) is 17.5 Å². The van der Waals surface area contributed by atoms with Crippen molar-refractivity contribution in [2.24, 2.45) is 0 Å². The van der Waals surface area contributed by atoms with Crippen LogP contribution in [0.4, 0.5) is 10.1 Å². The van der Waals surface area contributed by atoms with Crippen LogP contribution >= 0.6 is 0 Å². The van der Waals surface area contributed by atoms with Crippen LogP contribution in [-0.2, 0) is 14.8 Å². The predicted octanol–water partition coefficient (Wildman–Crippen LogP) is 5.06. The summed E-state index contributed by atoms with van der Waals surface area (Å²) < 4.78 is 52.3. The Bertz CT molecular complexity index is 1210. The highest BCUT2D eigenvalue weighted by Gasteiger charge is 2.25. The van der Waals surface area contributed by atoms with Gasteiger partial charge in [0.2, 0.25) is 10.0 Å². The van der Waals surface area contributed by atoms with Crippen molar-refractivity contribution in [2.75, 3.05) is 11.9 Å². The van der Waals surface area contributed by atoms with Gasteiger partial charge in [-0.05, 0) is 86.3 Å². The summed E-state index contributed by atoms with van der Waals surface area (Å²) in [6.07, 6.45) is 0.859. The quantitative estimate of drug-likeness (QED) is 0.430. The number of hydrogen-bond donors (Lipinski definition) is 2. The zero-order valence-corrected chi connectivity index (χ0v) is 19.8. The molecule has 1 fully saturated rings. The lowest BCUT2D eigenvalue weighted by molar-refractivity contribution is -0.118. The summed E-state index contributed by atoms with van der Waals surface area (Å²) in [7, 11) is -3.71. The van der Waals surface area contributed by atoms with Gasteiger partial charge in [0, 0.05) is 11.7 Å². The molecule has 0 aromatic heterocycles. The summed E-state index contributed by atoms with van der Waals surface area (Å²) in [4.78, 5) is 12.3. The molecule has 0 aliphatic heterocycles. The number of hydrogen-bond acceptors (Lipinski definition) is 5. The smallest absolute Gasteiger partial charge is 0.262 e. The number of ether oxygens (including phenoxy) is 2. The van der Waals surface area contributed by atoms with E-state index in [9.17, 15) is 17.6 Å². The molecular weight excluding hydrogens is 471 g/mol. The first-order valence-electron chi connectivity index (χ1n) is 11.4. The van der Waals surface area contributed by atoms with E-state index in [1.165, 1.54) is 24.3 Å². The van der Waals surface area contributed by atoms with Crippen LogP contribution in [-0.4, -0.2) is 33.1 Å². The Morgan fingerprint density at radius 2 is 1.43 bits per heavy atom. The molecule has 0 unspecified atom stereocenters. The van der Waals surface area contributed by atoms with Crippen LogP contribution in [0.3, 0.4) is 0 Å². The Morgan fingerprint density at radius 1 is 0.829 bits per heavy atom. The fourth-order valence-corrected chi connectivity index (χ4v) is 5.05. The van der Waals surface area contributed by atoms with Crippen molar-refractivity contribution >= 4 is 21.6 Å². The molecule has 3 aromatic carbocycles. The molecule has 0 heterocycles. The van der Waals surface area contributed by atoms with Crippen molar-refractivity contribution in [1.29, 1.82) is 0 Å². The van der Waals surface area contributed by atoms with E-state index in [0.717, 1.165) is 5.75 Å². The lowest BCUT2D eigenvalue weighted by Gasteiger charge is -2.24. The molecule has 35 heavy (non-hydrogen) atoms. The van der Waals surface area contributed by atoms with Crippen LogP contribution in [0.2, 0.25) is 0 Å². The topological polar surface area (TPSA) is 93.7 Å². The predicted molar refractivity (Wildman–Crippen MR) is 131 cm³/mol. The molecule has 9 heteroatoms. The molecule has 0 atom stereocenters. The Hall–Kier alpha value is -3.43. The third-order valence-corrected chi connectivity index (χ3v) is 7.14. The first-order chi connectivity index (χ1) is 16.9. The lowest BCUT2D eigenvalue weighted by Crippen LogP contribution is -2.37. The van der Waals surface area contributed by atoms with Crippen molar-refractivity contribution < 1.29 is 27.1 Å². The molecule has 1 aliphatic rings. The van der Waals surface area contributed by atoms with Gasteiger partial charge in [0.05, 0.1) is 4.90 Å². The minimum Gasteiger partial charge on any atom is -0.484 e. The highest BCUT2D eigenvalue weighted by molar-refractivity contribution is 7.89. The van der Waals surface area contributed by atoms with E-state index in [2.05, 4.69) is 10.0 Å². The minimum atomic E-state index is -3.71. The summed E-state index contributed by atoms with van der Waals surface area (Å²) in [6.45, 7) is -0.237. The molecule has 1 aliphatic carbocycles. The summed E-state index contributed by atoms with van der Waals surface area (Å²) in [5.74, 6) is 1.37. The van der Waals surface area contributed by atoms with E-state index in [0.29, 0.717) is 42.9 Å². The molecule has 0 radical (unpaired) electrons. The normalized spacial score (nSPS) is 18.0. The van der Waals surface area contributed by atoms with Gasteiger partial charge in [0.15, 0.2) is 6.61 Å².